The van der Waals surface area contributed by atoms with Crippen LogP contribution in [0.5, 0.6) is 0 Å². The van der Waals surface area contributed by atoms with Crippen molar-refractivity contribution in [3.63, 3.8) is 0 Å². The van der Waals surface area contributed by atoms with Gasteiger partial charge in [-0.1, -0.05) is 17.7 Å². The van der Waals surface area contributed by atoms with Crippen LogP contribution in [-0.2, 0) is 6.42 Å². The van der Waals surface area contributed by atoms with Crippen LogP contribution in [0.3, 0.4) is 0 Å². The molecule has 0 bridgehead atoms. The quantitative estimate of drug-likeness (QED) is 0.803. The van der Waals surface area contributed by atoms with Crippen LogP contribution in [0.2, 0.25) is 5.02 Å². The van der Waals surface area contributed by atoms with E-state index in [-0.39, 0.29) is 0 Å². The normalized spacial score (nSPS) is 9.31. The zero-order valence-corrected chi connectivity index (χ0v) is 8.23. The number of nitriles is 1. The molecule has 2 nitrogen and oxygen atoms in total. The van der Waals surface area contributed by atoms with Crippen LogP contribution in [0.15, 0.2) is 18.2 Å². The fourth-order valence-corrected chi connectivity index (χ4v) is 1.28. The van der Waals surface area contributed by atoms with E-state index in [9.17, 15) is 0 Å². The minimum atomic E-state index is 0.426. The van der Waals surface area contributed by atoms with Gasteiger partial charge in [0.15, 0.2) is 0 Å². The van der Waals surface area contributed by atoms with Crippen LogP contribution in [0.25, 0.3) is 0 Å². The summed E-state index contributed by atoms with van der Waals surface area (Å²) in [5, 5.41) is 12.3. The molecule has 0 heterocycles. The minimum absolute atomic E-state index is 0.426. The molecule has 0 radical (unpaired) electrons. The van der Waals surface area contributed by atoms with Crippen molar-refractivity contribution in [3.8, 4) is 6.07 Å². The summed E-state index contributed by atoms with van der Waals surface area (Å²) in [5.41, 5.74) is 1.89. The number of hydrogen-bond acceptors (Lipinski definition) is 2. The van der Waals surface area contributed by atoms with Crippen molar-refractivity contribution in [2.75, 3.05) is 11.9 Å². The van der Waals surface area contributed by atoms with Gasteiger partial charge in [0.1, 0.15) is 0 Å². The molecule has 68 valence electrons. The summed E-state index contributed by atoms with van der Waals surface area (Å²) in [6.07, 6.45) is 0.426. The molecule has 0 fully saturated rings. The van der Waals surface area contributed by atoms with Crippen molar-refractivity contribution in [2.45, 2.75) is 13.3 Å². The molecule has 0 saturated carbocycles. The highest BCUT2D eigenvalue weighted by Gasteiger charge is 1.99. The van der Waals surface area contributed by atoms with E-state index in [0.717, 1.165) is 17.8 Å². The van der Waals surface area contributed by atoms with Crippen molar-refractivity contribution in [1.29, 1.82) is 5.26 Å². The lowest BCUT2D eigenvalue weighted by molar-refractivity contribution is 1.20. The molecule has 0 aromatic heterocycles. The van der Waals surface area contributed by atoms with Crippen LogP contribution in [0.1, 0.15) is 12.5 Å². The number of benzene rings is 1. The third-order valence-corrected chi connectivity index (χ3v) is 2.01. The van der Waals surface area contributed by atoms with Gasteiger partial charge in [-0.25, -0.2) is 0 Å². The van der Waals surface area contributed by atoms with E-state index in [2.05, 4.69) is 11.4 Å². The van der Waals surface area contributed by atoms with Crippen LogP contribution in [0.4, 0.5) is 5.69 Å². The summed E-state index contributed by atoms with van der Waals surface area (Å²) in [5.74, 6) is 0. The van der Waals surface area contributed by atoms with Gasteiger partial charge < -0.3 is 5.32 Å². The number of anilines is 1. The average molecular weight is 195 g/mol. The van der Waals surface area contributed by atoms with Crippen LogP contribution >= 0.6 is 11.6 Å². The Bertz CT molecular complexity index is 328. The lowest BCUT2D eigenvalue weighted by atomic mass is 10.1. The van der Waals surface area contributed by atoms with Gasteiger partial charge in [-0.2, -0.15) is 5.26 Å². The Balaban J connectivity index is 2.91. The Kier molecular flexibility index (Phi) is 3.60. The van der Waals surface area contributed by atoms with Crippen molar-refractivity contribution in [2.24, 2.45) is 0 Å². The molecule has 0 spiro atoms. The monoisotopic (exact) mass is 194 g/mol. The van der Waals surface area contributed by atoms with Crippen molar-refractivity contribution in [1.82, 2.24) is 0 Å². The van der Waals surface area contributed by atoms with Crippen molar-refractivity contribution >= 4 is 17.3 Å². The Morgan fingerprint density at radius 2 is 2.31 bits per heavy atom. The molecule has 1 aromatic rings. The Hall–Kier alpha value is -1.20. The fraction of sp³-hybridized carbons (Fsp3) is 0.300. The molecular weight excluding hydrogens is 184 g/mol. The summed E-state index contributed by atoms with van der Waals surface area (Å²) < 4.78 is 0. The first-order valence-corrected chi connectivity index (χ1v) is 4.55. The molecule has 1 N–H and O–H groups in total. The molecule has 1 aromatic carbocycles. The zero-order valence-electron chi connectivity index (χ0n) is 7.47. The van der Waals surface area contributed by atoms with Crippen molar-refractivity contribution in [3.05, 3.63) is 28.8 Å². The maximum atomic E-state index is 8.51. The second-order valence-corrected chi connectivity index (χ2v) is 3.09. The Morgan fingerprint density at radius 1 is 1.54 bits per heavy atom. The van der Waals surface area contributed by atoms with Gasteiger partial charge in [-0.05, 0) is 24.6 Å². The maximum Gasteiger partial charge on any atom is 0.0669 e. The molecule has 0 saturated heterocycles. The summed E-state index contributed by atoms with van der Waals surface area (Å²) in [4.78, 5) is 0. The van der Waals surface area contributed by atoms with E-state index in [1.54, 1.807) is 0 Å². The molecule has 0 amide bonds. The van der Waals surface area contributed by atoms with Gasteiger partial charge in [0.05, 0.1) is 23.2 Å². The summed E-state index contributed by atoms with van der Waals surface area (Å²) in [7, 11) is 0. The Labute approximate surface area is 83.1 Å². The van der Waals surface area contributed by atoms with Gasteiger partial charge in [0.2, 0.25) is 0 Å². The standard InChI is InChI=1S/C10H11ClN2/c1-2-13-10-7-8(5-6-12)3-4-9(10)11/h3-4,7,13H,2,5H2,1H3. The first kappa shape index (κ1) is 9.88. The Morgan fingerprint density at radius 3 is 2.92 bits per heavy atom. The summed E-state index contributed by atoms with van der Waals surface area (Å²) >= 11 is 5.93. The predicted octanol–water partition coefficient (Wildman–Crippen LogP) is 2.84. The van der Waals surface area contributed by atoms with E-state index >= 15 is 0 Å². The summed E-state index contributed by atoms with van der Waals surface area (Å²) in [6.45, 7) is 2.84. The third kappa shape index (κ3) is 2.64. The zero-order chi connectivity index (χ0) is 9.68. The number of nitrogens with one attached hydrogen (secondary N) is 1. The second-order valence-electron chi connectivity index (χ2n) is 2.68. The highest BCUT2D eigenvalue weighted by molar-refractivity contribution is 6.33. The molecule has 13 heavy (non-hydrogen) atoms. The van der Waals surface area contributed by atoms with Crippen LogP contribution < -0.4 is 5.32 Å². The first-order chi connectivity index (χ1) is 6.27. The fourth-order valence-electron chi connectivity index (χ4n) is 1.10. The minimum Gasteiger partial charge on any atom is -0.384 e. The molecule has 1 rings (SSSR count). The highest BCUT2D eigenvalue weighted by atomic mass is 35.5. The number of nitrogens with zero attached hydrogens (tertiary/aromatic N) is 1. The van der Waals surface area contributed by atoms with Gasteiger partial charge in [-0.3, -0.25) is 0 Å². The average Bonchev–Trinajstić information content (AvgIpc) is 2.12. The van der Waals surface area contributed by atoms with Gasteiger partial charge >= 0.3 is 0 Å². The SMILES string of the molecule is CCNc1cc(CC#N)ccc1Cl. The molecule has 0 atom stereocenters. The highest BCUT2D eigenvalue weighted by Crippen LogP contribution is 2.22. The first-order valence-electron chi connectivity index (χ1n) is 4.17. The maximum absolute atomic E-state index is 8.51. The third-order valence-electron chi connectivity index (χ3n) is 1.68. The van der Waals surface area contributed by atoms with E-state index in [0.29, 0.717) is 11.4 Å². The van der Waals surface area contributed by atoms with E-state index in [1.165, 1.54) is 0 Å². The van der Waals surface area contributed by atoms with Gasteiger partial charge in [0, 0.05) is 6.54 Å². The topological polar surface area (TPSA) is 35.8 Å². The van der Waals surface area contributed by atoms with E-state index in [4.69, 9.17) is 16.9 Å². The van der Waals surface area contributed by atoms with Crippen molar-refractivity contribution < 1.29 is 0 Å². The summed E-state index contributed by atoms with van der Waals surface area (Å²) in [6, 6.07) is 7.69. The molecule has 0 aliphatic carbocycles. The van der Waals surface area contributed by atoms with Gasteiger partial charge in [-0.15, -0.1) is 0 Å². The second kappa shape index (κ2) is 4.74. The largest absolute Gasteiger partial charge is 0.384 e. The number of hydrogen-bond donors (Lipinski definition) is 1. The lowest BCUT2D eigenvalue weighted by Gasteiger charge is -2.06. The molecule has 0 aliphatic heterocycles. The smallest absolute Gasteiger partial charge is 0.0669 e. The van der Waals surface area contributed by atoms with E-state index < -0.39 is 0 Å². The van der Waals surface area contributed by atoms with Crippen LogP contribution in [0, 0.1) is 11.3 Å². The molecule has 0 unspecified atom stereocenters. The van der Waals surface area contributed by atoms with Gasteiger partial charge in [0.25, 0.3) is 0 Å². The van der Waals surface area contributed by atoms with Crippen LogP contribution in [-0.4, -0.2) is 6.54 Å². The number of rotatable bonds is 3. The predicted molar refractivity (Wildman–Crippen MR) is 54.9 cm³/mol. The van der Waals surface area contributed by atoms with E-state index in [1.807, 2.05) is 25.1 Å². The molecular formula is C10H11ClN2. The lowest BCUT2D eigenvalue weighted by Crippen LogP contribution is -1.97. The molecule has 3 heteroatoms. The molecule has 0 aliphatic rings. The number of halogens is 1.